The minimum Gasteiger partial charge on any atom is -0.461 e. The minimum absolute atomic E-state index is 0.0352. The van der Waals surface area contributed by atoms with Gasteiger partial charge in [0.1, 0.15) is 18.2 Å². The maximum atomic E-state index is 14.6. The molecule has 0 radical (unpaired) electrons. The zero-order valence-electron chi connectivity index (χ0n) is 45.5. The number of para-hydroxylation sites is 1. The molecule has 13 nitrogen and oxygen atoms in total. The van der Waals surface area contributed by atoms with Crippen LogP contribution in [-0.2, 0) is 38.1 Å². The summed E-state index contributed by atoms with van der Waals surface area (Å²) in [6.45, 7) is 15.6. The second-order valence-corrected chi connectivity index (χ2v) is 22.2. The van der Waals surface area contributed by atoms with Gasteiger partial charge in [-0.1, -0.05) is 94.8 Å². The summed E-state index contributed by atoms with van der Waals surface area (Å²) in [6, 6.07) is 8.86. The van der Waals surface area contributed by atoms with Crippen molar-refractivity contribution in [3.05, 3.63) is 77.9 Å². The summed E-state index contributed by atoms with van der Waals surface area (Å²) in [5.74, 6) is -4.84. The van der Waals surface area contributed by atoms with Crippen LogP contribution in [0.3, 0.4) is 0 Å². The first-order chi connectivity index (χ1) is 34.4. The Kier molecular flexibility index (Phi) is 23.7. The van der Waals surface area contributed by atoms with Gasteiger partial charge >= 0.3 is 5.97 Å². The number of Topliss-reactive ketones (excluding diaryl/α,β-unsaturated/α-hetero) is 1. The lowest BCUT2D eigenvalue weighted by molar-refractivity contribution is -0.263. The van der Waals surface area contributed by atoms with Gasteiger partial charge < -0.3 is 48.8 Å². The molecule has 0 spiro atoms. The molecule has 1 aromatic rings. The number of cyclic esters (lactones) is 1. The van der Waals surface area contributed by atoms with Crippen molar-refractivity contribution in [2.24, 2.45) is 35.5 Å². The lowest BCUT2D eigenvalue weighted by Crippen LogP contribution is -2.61. The molecule has 404 valence electrons. The van der Waals surface area contributed by atoms with Crippen molar-refractivity contribution >= 4 is 23.3 Å². The second kappa shape index (κ2) is 28.8. The summed E-state index contributed by atoms with van der Waals surface area (Å²) in [6.07, 6.45) is 18.3. The number of methoxy groups -OCH3 is 3. The molecule has 3 aliphatic heterocycles. The third-order valence-corrected chi connectivity index (χ3v) is 16.3. The molecule has 1 amide bonds. The molecule has 72 heavy (non-hydrogen) atoms. The van der Waals surface area contributed by atoms with Crippen LogP contribution in [0.1, 0.15) is 138 Å². The summed E-state index contributed by atoms with van der Waals surface area (Å²) < 4.78 is 30.2. The van der Waals surface area contributed by atoms with Crippen LogP contribution >= 0.6 is 0 Å². The van der Waals surface area contributed by atoms with E-state index in [1.165, 1.54) is 4.90 Å². The second-order valence-electron chi connectivity index (χ2n) is 22.2. The molecule has 1 saturated carbocycles. The predicted octanol–water partition coefficient (Wildman–Crippen LogP) is 9.33. The lowest BCUT2D eigenvalue weighted by atomic mass is 9.78. The zero-order chi connectivity index (χ0) is 52.5. The van der Waals surface area contributed by atoms with E-state index in [1.807, 2.05) is 37.3 Å². The van der Waals surface area contributed by atoms with Gasteiger partial charge in [-0.15, -0.1) is 0 Å². The van der Waals surface area contributed by atoms with E-state index in [1.54, 1.807) is 28.3 Å². The van der Waals surface area contributed by atoms with E-state index in [2.05, 4.69) is 76.0 Å². The highest BCUT2D eigenvalue weighted by Gasteiger charge is 2.53. The third kappa shape index (κ3) is 16.4. The molecule has 1 aromatic carbocycles. The smallest absolute Gasteiger partial charge is 0.329 e. The fraction of sp³-hybridized carbons (Fsp3) is 0.712. The van der Waals surface area contributed by atoms with Crippen molar-refractivity contribution < 1.29 is 53.4 Å². The van der Waals surface area contributed by atoms with Crippen LogP contribution in [0.15, 0.2) is 77.9 Å². The summed E-state index contributed by atoms with van der Waals surface area (Å²) in [7, 11) is 4.97. The van der Waals surface area contributed by atoms with Gasteiger partial charge in [0, 0.05) is 46.0 Å². The number of esters is 1. The number of carbonyl (C=O) groups is 3. The molecule has 3 heterocycles. The number of fused-ring (bicyclic) bond motifs is 3. The van der Waals surface area contributed by atoms with Crippen molar-refractivity contribution in [3.63, 3.8) is 0 Å². The Morgan fingerprint density at radius 3 is 2.25 bits per heavy atom. The van der Waals surface area contributed by atoms with Crippen molar-refractivity contribution in [1.82, 2.24) is 4.90 Å². The molecule has 15 atom stereocenters. The van der Waals surface area contributed by atoms with Crippen LogP contribution < -0.4 is 4.90 Å². The van der Waals surface area contributed by atoms with Crippen molar-refractivity contribution in [2.45, 2.75) is 193 Å². The standard InChI is InChI=1S/C59H92N2O11/c1-39-19-13-11-14-20-42(4)50(60(31-32-68-8)47-21-15-12-16-22-47)38-48-27-25-45(7)59(67,72-48)56(64)57(65)61-30-18-17-23-49(61)58(66)71-52(43(5)36-46-26-28-51(62)53(37-46)69-9)29-24-40(2)34-44(6)55(63)54(70-10)35-41(3)33-39/h11-16,19-22,34,39-41,43,45-46,48-55,62-63,67H,17-18,23-33,35-38H2,1-10H3/b14-11+,19-13+,42-20+,44-34+/t39-,40+,41-,43-,45?,46+,48?,49?,50?,51-,52+,53-,54+,55-,59-/m1/s1. The number of rotatable bonds is 10. The molecular weight excluding hydrogens is 913 g/mol. The highest BCUT2D eigenvalue weighted by Crippen LogP contribution is 2.39. The van der Waals surface area contributed by atoms with Gasteiger partial charge in [-0.3, -0.25) is 9.59 Å². The highest BCUT2D eigenvalue weighted by molar-refractivity contribution is 6.39. The number of piperidine rings is 1. The van der Waals surface area contributed by atoms with E-state index in [4.69, 9.17) is 23.7 Å². The minimum atomic E-state index is -2.40. The Morgan fingerprint density at radius 1 is 0.806 bits per heavy atom. The zero-order valence-corrected chi connectivity index (χ0v) is 45.5. The fourth-order valence-electron chi connectivity index (χ4n) is 11.9. The SMILES string of the molecule is COCCN(c1ccccc1)C1CC2CCC(C)[C@@](O)(O2)C(=O)C(=O)N2CCCCC2C(=O)O[C@H]([C@H](C)C[C@@H]2CC[C@@H](O)[C@H](OC)C2)CC[C@H](C)/C=C(\C)[C@@H](O)[C@@H](OC)C[C@H](C)C[C@H](C)/C=C/C=C/C=C/1C. The summed E-state index contributed by atoms with van der Waals surface area (Å²) in [5.41, 5.74) is 2.86. The van der Waals surface area contributed by atoms with E-state index in [0.29, 0.717) is 83.8 Å². The van der Waals surface area contributed by atoms with Gasteiger partial charge in [-0.25, -0.2) is 4.79 Å². The van der Waals surface area contributed by atoms with Crippen LogP contribution in [0.25, 0.3) is 0 Å². The van der Waals surface area contributed by atoms with Gasteiger partial charge in [-0.05, 0) is 151 Å². The van der Waals surface area contributed by atoms with Gasteiger partial charge in [0.05, 0.1) is 37.1 Å². The number of amides is 1. The Balaban J connectivity index is 1.50. The van der Waals surface area contributed by atoms with Crippen molar-refractivity contribution in [2.75, 3.05) is 45.9 Å². The molecule has 0 aromatic heterocycles. The summed E-state index contributed by atoms with van der Waals surface area (Å²) in [4.78, 5) is 47.4. The number of allylic oxidation sites excluding steroid dienone is 6. The number of carbonyl (C=O) groups excluding carboxylic acids is 3. The maximum absolute atomic E-state index is 14.6. The molecule has 3 N–H and O–H groups in total. The maximum Gasteiger partial charge on any atom is 0.329 e. The van der Waals surface area contributed by atoms with E-state index in [0.717, 1.165) is 36.1 Å². The molecule has 3 fully saturated rings. The number of ketones is 1. The quantitative estimate of drug-likeness (QED) is 0.116. The van der Waals surface area contributed by atoms with Crippen LogP contribution in [0.4, 0.5) is 5.69 Å². The average Bonchev–Trinajstić information content (AvgIpc) is 3.37. The molecule has 2 saturated heterocycles. The summed E-state index contributed by atoms with van der Waals surface area (Å²) >= 11 is 0. The first-order valence-electron chi connectivity index (χ1n) is 27.3. The third-order valence-electron chi connectivity index (χ3n) is 16.3. The number of ether oxygens (including phenoxy) is 5. The number of hydrogen-bond donors (Lipinski definition) is 3. The number of benzene rings is 1. The van der Waals surface area contributed by atoms with Gasteiger partial charge in [0.25, 0.3) is 11.7 Å². The normalized spacial score (nSPS) is 37.5. The first-order valence-corrected chi connectivity index (χ1v) is 27.3. The number of hydrogen-bond acceptors (Lipinski definition) is 12. The Bertz CT molecular complexity index is 1970. The number of aliphatic hydroxyl groups excluding tert-OH is 2. The van der Waals surface area contributed by atoms with Crippen molar-refractivity contribution in [3.8, 4) is 0 Å². The largest absolute Gasteiger partial charge is 0.461 e. The topological polar surface area (TPSA) is 165 Å². The molecule has 5 rings (SSSR count). The number of anilines is 1. The lowest BCUT2D eigenvalue weighted by Gasteiger charge is -2.44. The Morgan fingerprint density at radius 2 is 1.54 bits per heavy atom. The van der Waals surface area contributed by atoms with E-state index >= 15 is 0 Å². The van der Waals surface area contributed by atoms with Crippen LogP contribution in [0.5, 0.6) is 0 Å². The van der Waals surface area contributed by atoms with Gasteiger partial charge in [-0.2, -0.15) is 0 Å². The Hall–Kier alpha value is -3.69. The van der Waals surface area contributed by atoms with E-state index < -0.39 is 59.8 Å². The van der Waals surface area contributed by atoms with Crippen molar-refractivity contribution in [1.29, 1.82) is 0 Å². The van der Waals surface area contributed by atoms with E-state index in [9.17, 15) is 29.7 Å². The molecule has 4 unspecified atom stereocenters. The Labute approximate surface area is 432 Å². The summed E-state index contributed by atoms with van der Waals surface area (Å²) in [5, 5.41) is 34.6. The molecule has 4 aliphatic rings. The average molecular weight is 1010 g/mol. The molecular formula is C59H92N2O11. The monoisotopic (exact) mass is 1000 g/mol. The van der Waals surface area contributed by atoms with Crippen LogP contribution in [0, 0.1) is 35.5 Å². The number of aliphatic hydroxyl groups is 3. The molecule has 13 heteroatoms. The van der Waals surface area contributed by atoms with Crippen LogP contribution in [-0.4, -0.2) is 133 Å². The number of nitrogens with zero attached hydrogens (tertiary/aromatic N) is 2. The molecule has 2 bridgehead atoms. The van der Waals surface area contributed by atoms with Gasteiger partial charge in [0.15, 0.2) is 0 Å². The highest BCUT2D eigenvalue weighted by atomic mass is 16.6. The van der Waals surface area contributed by atoms with E-state index in [-0.39, 0.29) is 54.4 Å². The fourth-order valence-corrected chi connectivity index (χ4v) is 11.9. The first kappa shape index (κ1) is 59.2. The molecule has 1 aliphatic carbocycles. The van der Waals surface area contributed by atoms with Crippen LogP contribution in [0.2, 0.25) is 0 Å². The predicted molar refractivity (Wildman–Crippen MR) is 283 cm³/mol. The van der Waals surface area contributed by atoms with Gasteiger partial charge in [0.2, 0.25) is 5.79 Å².